The molecule has 1 fully saturated rings. The van der Waals surface area contributed by atoms with E-state index in [1.165, 1.54) is 0 Å². The van der Waals surface area contributed by atoms with Crippen LogP contribution in [0.4, 0.5) is 0 Å². The van der Waals surface area contributed by atoms with E-state index in [1.54, 1.807) is 18.2 Å². The Labute approximate surface area is 123 Å². The molecule has 1 aromatic rings. The van der Waals surface area contributed by atoms with Crippen LogP contribution in [-0.2, 0) is 11.2 Å². The topological polar surface area (TPSA) is 32.3 Å². The van der Waals surface area contributed by atoms with Crippen molar-refractivity contribution in [3.05, 3.63) is 33.8 Å². The van der Waals surface area contributed by atoms with Crippen molar-refractivity contribution >= 4 is 29.1 Å². The van der Waals surface area contributed by atoms with Crippen molar-refractivity contribution < 1.29 is 4.79 Å². The van der Waals surface area contributed by atoms with E-state index in [0.717, 1.165) is 13.1 Å². The van der Waals surface area contributed by atoms with Crippen LogP contribution in [0.25, 0.3) is 0 Å². The van der Waals surface area contributed by atoms with Crippen molar-refractivity contribution in [2.24, 2.45) is 0 Å². The second-order valence-electron chi connectivity index (χ2n) is 4.95. The predicted octanol–water partition coefficient (Wildman–Crippen LogP) is 2.74. The first kappa shape index (κ1) is 14.6. The van der Waals surface area contributed by atoms with Gasteiger partial charge < -0.3 is 10.2 Å². The largest absolute Gasteiger partial charge is 0.337 e. The molecule has 1 N–H and O–H groups in total. The number of amides is 1. The van der Waals surface area contributed by atoms with Gasteiger partial charge in [0, 0.05) is 35.2 Å². The van der Waals surface area contributed by atoms with Gasteiger partial charge in [-0.1, -0.05) is 29.3 Å². The summed E-state index contributed by atoms with van der Waals surface area (Å²) in [5.41, 5.74) is 0.717. The Hall–Kier alpha value is -0.770. The molecule has 1 heterocycles. The summed E-state index contributed by atoms with van der Waals surface area (Å²) in [6.07, 6.45) is 0.259. The standard InChI is InChI=1S/C14H18Cl2N2O/c1-9-10(2)18(7-6-17-9)14(19)8-11-12(15)4-3-5-13(11)16/h3-5,9-10,17H,6-8H2,1-2H3. The van der Waals surface area contributed by atoms with Gasteiger partial charge in [0.1, 0.15) is 0 Å². The molecule has 104 valence electrons. The maximum Gasteiger partial charge on any atom is 0.227 e. The Bertz CT molecular complexity index is 458. The van der Waals surface area contributed by atoms with Crippen molar-refractivity contribution in [3.8, 4) is 0 Å². The Morgan fingerprint density at radius 3 is 2.63 bits per heavy atom. The van der Waals surface area contributed by atoms with Crippen LogP contribution >= 0.6 is 23.2 Å². The predicted molar refractivity (Wildman–Crippen MR) is 78.8 cm³/mol. The quantitative estimate of drug-likeness (QED) is 0.911. The first-order valence-corrected chi connectivity index (χ1v) is 7.22. The van der Waals surface area contributed by atoms with E-state index in [9.17, 15) is 4.79 Å². The molecule has 2 atom stereocenters. The van der Waals surface area contributed by atoms with E-state index in [4.69, 9.17) is 23.2 Å². The van der Waals surface area contributed by atoms with Crippen LogP contribution in [0.15, 0.2) is 18.2 Å². The van der Waals surface area contributed by atoms with Crippen LogP contribution < -0.4 is 5.32 Å². The number of rotatable bonds is 2. The fourth-order valence-corrected chi connectivity index (χ4v) is 2.89. The molecule has 1 aromatic carbocycles. The van der Waals surface area contributed by atoms with E-state index in [0.29, 0.717) is 21.7 Å². The first-order valence-electron chi connectivity index (χ1n) is 6.46. The molecule has 1 amide bonds. The average Bonchev–Trinajstić information content (AvgIpc) is 2.37. The van der Waals surface area contributed by atoms with Gasteiger partial charge in [-0.25, -0.2) is 0 Å². The second-order valence-corrected chi connectivity index (χ2v) is 5.76. The number of hydrogen-bond donors (Lipinski definition) is 1. The zero-order valence-electron chi connectivity index (χ0n) is 11.1. The zero-order chi connectivity index (χ0) is 14.0. The van der Waals surface area contributed by atoms with Gasteiger partial charge in [-0.2, -0.15) is 0 Å². The lowest BCUT2D eigenvalue weighted by Crippen LogP contribution is -2.57. The number of piperazine rings is 1. The van der Waals surface area contributed by atoms with Crippen molar-refractivity contribution in [1.29, 1.82) is 0 Å². The molecule has 0 saturated carbocycles. The third kappa shape index (κ3) is 3.22. The molecule has 0 radical (unpaired) electrons. The number of halogens is 2. The molecule has 0 aliphatic carbocycles. The summed E-state index contributed by atoms with van der Waals surface area (Å²) in [6, 6.07) is 5.80. The van der Waals surface area contributed by atoms with Gasteiger partial charge in [-0.15, -0.1) is 0 Å². The maximum absolute atomic E-state index is 12.4. The highest BCUT2D eigenvalue weighted by molar-refractivity contribution is 6.36. The van der Waals surface area contributed by atoms with Gasteiger partial charge in [0.2, 0.25) is 5.91 Å². The SMILES string of the molecule is CC1NCCN(C(=O)Cc2c(Cl)cccc2Cl)C1C. The number of benzene rings is 1. The smallest absolute Gasteiger partial charge is 0.227 e. The van der Waals surface area contributed by atoms with Crippen molar-refractivity contribution in [2.75, 3.05) is 13.1 Å². The van der Waals surface area contributed by atoms with Crippen molar-refractivity contribution in [2.45, 2.75) is 32.4 Å². The molecule has 2 unspecified atom stereocenters. The van der Waals surface area contributed by atoms with E-state index in [2.05, 4.69) is 19.2 Å². The monoisotopic (exact) mass is 300 g/mol. The summed E-state index contributed by atoms with van der Waals surface area (Å²) in [7, 11) is 0. The molecule has 1 aliphatic rings. The van der Waals surface area contributed by atoms with E-state index < -0.39 is 0 Å². The van der Waals surface area contributed by atoms with Gasteiger partial charge in [0.05, 0.1) is 6.42 Å². The summed E-state index contributed by atoms with van der Waals surface area (Å²) in [5.74, 6) is 0.0795. The summed E-state index contributed by atoms with van der Waals surface area (Å²) >= 11 is 12.2. The van der Waals surface area contributed by atoms with Gasteiger partial charge >= 0.3 is 0 Å². The van der Waals surface area contributed by atoms with Gasteiger partial charge in [-0.3, -0.25) is 4.79 Å². The number of hydrogen-bond acceptors (Lipinski definition) is 2. The Morgan fingerprint density at radius 1 is 1.37 bits per heavy atom. The third-order valence-electron chi connectivity index (χ3n) is 3.74. The fraction of sp³-hybridized carbons (Fsp3) is 0.500. The summed E-state index contributed by atoms with van der Waals surface area (Å²) in [5, 5.41) is 4.46. The van der Waals surface area contributed by atoms with Gasteiger partial charge in [-0.05, 0) is 31.5 Å². The molecule has 1 aliphatic heterocycles. The van der Waals surface area contributed by atoms with Crippen molar-refractivity contribution in [3.63, 3.8) is 0 Å². The Kier molecular flexibility index (Phi) is 4.71. The van der Waals surface area contributed by atoms with E-state index in [-0.39, 0.29) is 18.4 Å². The van der Waals surface area contributed by atoms with Crippen LogP contribution in [0, 0.1) is 0 Å². The molecule has 19 heavy (non-hydrogen) atoms. The minimum atomic E-state index is 0.0795. The van der Waals surface area contributed by atoms with Crippen molar-refractivity contribution in [1.82, 2.24) is 10.2 Å². The fourth-order valence-electron chi connectivity index (χ4n) is 2.36. The maximum atomic E-state index is 12.4. The lowest BCUT2D eigenvalue weighted by atomic mass is 10.0. The lowest BCUT2D eigenvalue weighted by molar-refractivity contribution is -0.134. The summed E-state index contributed by atoms with van der Waals surface area (Å²) in [6.45, 7) is 5.70. The van der Waals surface area contributed by atoms with Crippen LogP contribution in [-0.4, -0.2) is 36.0 Å². The number of nitrogens with zero attached hydrogens (tertiary/aromatic N) is 1. The Balaban J connectivity index is 2.13. The molecule has 0 aromatic heterocycles. The van der Waals surface area contributed by atoms with Gasteiger partial charge in [0.15, 0.2) is 0 Å². The highest BCUT2D eigenvalue weighted by Crippen LogP contribution is 2.25. The van der Waals surface area contributed by atoms with E-state index in [1.807, 2.05) is 4.90 Å². The molecule has 5 heteroatoms. The normalized spacial score (nSPS) is 23.5. The van der Waals surface area contributed by atoms with Crippen LogP contribution in [0.3, 0.4) is 0 Å². The average molecular weight is 301 g/mol. The Morgan fingerprint density at radius 2 is 2.00 bits per heavy atom. The highest BCUT2D eigenvalue weighted by atomic mass is 35.5. The molecule has 1 saturated heterocycles. The van der Waals surface area contributed by atoms with Crippen LogP contribution in [0.5, 0.6) is 0 Å². The summed E-state index contributed by atoms with van der Waals surface area (Å²) < 4.78 is 0. The number of carbonyl (C=O) groups excluding carboxylic acids is 1. The molecule has 3 nitrogen and oxygen atoms in total. The number of carbonyl (C=O) groups is 1. The minimum Gasteiger partial charge on any atom is -0.337 e. The molecular formula is C14H18Cl2N2O. The molecular weight excluding hydrogens is 283 g/mol. The highest BCUT2D eigenvalue weighted by Gasteiger charge is 2.28. The molecule has 0 spiro atoms. The van der Waals surface area contributed by atoms with E-state index >= 15 is 0 Å². The van der Waals surface area contributed by atoms with Gasteiger partial charge in [0.25, 0.3) is 0 Å². The van der Waals surface area contributed by atoms with Crippen LogP contribution in [0.1, 0.15) is 19.4 Å². The number of nitrogens with one attached hydrogen (secondary N) is 1. The first-order chi connectivity index (χ1) is 9.00. The zero-order valence-corrected chi connectivity index (χ0v) is 12.6. The van der Waals surface area contributed by atoms with Crippen LogP contribution in [0.2, 0.25) is 10.0 Å². The molecule has 2 rings (SSSR count). The lowest BCUT2D eigenvalue weighted by Gasteiger charge is -2.38. The minimum absolute atomic E-state index is 0.0795. The second kappa shape index (κ2) is 6.12. The summed E-state index contributed by atoms with van der Waals surface area (Å²) in [4.78, 5) is 14.3. The third-order valence-corrected chi connectivity index (χ3v) is 4.45. The molecule has 0 bridgehead atoms.